The monoisotopic (exact) mass is 141 g/mol. The second kappa shape index (κ2) is 6.33. The molecule has 0 unspecified atom stereocenters. The highest BCUT2D eigenvalue weighted by Gasteiger charge is 1.85. The van der Waals surface area contributed by atoms with Crippen molar-refractivity contribution in [3.05, 3.63) is 12.2 Å². The summed E-state index contributed by atoms with van der Waals surface area (Å²) in [5, 5.41) is 2.52. The van der Waals surface area contributed by atoms with Gasteiger partial charge in [-0.3, -0.25) is 4.79 Å². The van der Waals surface area contributed by atoms with E-state index in [1.807, 2.05) is 6.08 Å². The van der Waals surface area contributed by atoms with E-state index < -0.39 is 0 Å². The zero-order valence-corrected chi connectivity index (χ0v) is 6.68. The van der Waals surface area contributed by atoms with E-state index in [0.717, 1.165) is 12.8 Å². The van der Waals surface area contributed by atoms with Crippen LogP contribution in [0.4, 0.5) is 0 Å². The van der Waals surface area contributed by atoms with Crippen LogP contribution in [0.5, 0.6) is 0 Å². The first-order chi connectivity index (χ1) is 4.81. The number of carbonyl (C=O) groups excluding carboxylic acids is 1. The number of hydrogen-bond donors (Lipinski definition) is 1. The Labute approximate surface area is 62.3 Å². The lowest BCUT2D eigenvalue weighted by Gasteiger charge is -1.89. The Bertz CT molecular complexity index is 118. The van der Waals surface area contributed by atoms with Gasteiger partial charge in [-0.05, 0) is 12.5 Å². The van der Waals surface area contributed by atoms with E-state index >= 15 is 0 Å². The van der Waals surface area contributed by atoms with Gasteiger partial charge in [0.15, 0.2) is 0 Å². The predicted molar refractivity (Wildman–Crippen MR) is 42.7 cm³/mol. The van der Waals surface area contributed by atoms with Crippen molar-refractivity contribution < 1.29 is 4.79 Å². The molecule has 0 rings (SSSR count). The van der Waals surface area contributed by atoms with E-state index in [4.69, 9.17) is 0 Å². The second-order valence-electron chi connectivity index (χ2n) is 2.16. The SMILES string of the molecule is CCCC/C=C\C(=O)NC. The van der Waals surface area contributed by atoms with E-state index in [-0.39, 0.29) is 5.91 Å². The molecule has 0 aromatic carbocycles. The number of nitrogens with one attached hydrogen (secondary N) is 1. The molecule has 0 saturated heterocycles. The van der Waals surface area contributed by atoms with E-state index in [0.29, 0.717) is 0 Å². The van der Waals surface area contributed by atoms with Crippen LogP contribution >= 0.6 is 0 Å². The van der Waals surface area contributed by atoms with Gasteiger partial charge in [-0.15, -0.1) is 0 Å². The van der Waals surface area contributed by atoms with Crippen molar-refractivity contribution in [3.63, 3.8) is 0 Å². The Morgan fingerprint density at radius 3 is 2.80 bits per heavy atom. The average Bonchev–Trinajstić information content (AvgIpc) is 1.98. The summed E-state index contributed by atoms with van der Waals surface area (Å²) >= 11 is 0. The third-order valence-corrected chi connectivity index (χ3v) is 1.24. The zero-order chi connectivity index (χ0) is 7.82. The molecular weight excluding hydrogens is 126 g/mol. The van der Waals surface area contributed by atoms with Gasteiger partial charge in [0.2, 0.25) is 5.91 Å². The number of hydrogen-bond acceptors (Lipinski definition) is 1. The topological polar surface area (TPSA) is 29.1 Å². The Morgan fingerprint density at radius 2 is 2.30 bits per heavy atom. The van der Waals surface area contributed by atoms with Crippen LogP contribution in [0.2, 0.25) is 0 Å². The van der Waals surface area contributed by atoms with Crippen molar-refractivity contribution in [1.82, 2.24) is 5.32 Å². The molecule has 0 saturated carbocycles. The van der Waals surface area contributed by atoms with Crippen LogP contribution in [0.15, 0.2) is 12.2 Å². The number of rotatable bonds is 4. The van der Waals surface area contributed by atoms with Crippen LogP contribution in [0.3, 0.4) is 0 Å². The molecule has 0 aromatic heterocycles. The maximum absolute atomic E-state index is 10.6. The van der Waals surface area contributed by atoms with Crippen LogP contribution in [0.1, 0.15) is 26.2 Å². The zero-order valence-electron chi connectivity index (χ0n) is 6.68. The van der Waals surface area contributed by atoms with Gasteiger partial charge in [0.05, 0.1) is 0 Å². The van der Waals surface area contributed by atoms with Crippen LogP contribution < -0.4 is 5.32 Å². The van der Waals surface area contributed by atoms with Gasteiger partial charge in [0.25, 0.3) is 0 Å². The Morgan fingerprint density at radius 1 is 1.60 bits per heavy atom. The van der Waals surface area contributed by atoms with Gasteiger partial charge in [-0.25, -0.2) is 0 Å². The van der Waals surface area contributed by atoms with Crippen molar-refractivity contribution in [2.45, 2.75) is 26.2 Å². The molecule has 58 valence electrons. The molecule has 0 fully saturated rings. The van der Waals surface area contributed by atoms with Gasteiger partial charge >= 0.3 is 0 Å². The van der Waals surface area contributed by atoms with Crippen LogP contribution in [0.25, 0.3) is 0 Å². The summed E-state index contributed by atoms with van der Waals surface area (Å²) in [6, 6.07) is 0. The molecule has 0 spiro atoms. The lowest BCUT2D eigenvalue weighted by molar-refractivity contribution is -0.116. The molecule has 0 radical (unpaired) electrons. The predicted octanol–water partition coefficient (Wildman–Crippen LogP) is 1.48. The molecule has 2 nitrogen and oxygen atoms in total. The third kappa shape index (κ3) is 5.35. The molecule has 1 amide bonds. The minimum absolute atomic E-state index is 0.0175. The van der Waals surface area contributed by atoms with Gasteiger partial charge in [-0.1, -0.05) is 25.8 Å². The Hall–Kier alpha value is -0.790. The summed E-state index contributed by atoms with van der Waals surface area (Å²) < 4.78 is 0. The number of unbranched alkanes of at least 4 members (excludes halogenated alkanes) is 2. The Kier molecular flexibility index (Phi) is 5.83. The number of amides is 1. The summed E-state index contributed by atoms with van der Waals surface area (Å²) in [5.41, 5.74) is 0. The van der Waals surface area contributed by atoms with E-state index in [1.54, 1.807) is 13.1 Å². The molecular formula is C8H15NO. The first kappa shape index (κ1) is 9.21. The fraction of sp³-hybridized carbons (Fsp3) is 0.625. The van der Waals surface area contributed by atoms with Gasteiger partial charge in [0.1, 0.15) is 0 Å². The number of allylic oxidation sites excluding steroid dienone is 1. The van der Waals surface area contributed by atoms with Crippen molar-refractivity contribution >= 4 is 5.91 Å². The average molecular weight is 141 g/mol. The first-order valence-electron chi connectivity index (χ1n) is 3.69. The maximum Gasteiger partial charge on any atom is 0.243 e. The molecule has 0 aromatic rings. The second-order valence-corrected chi connectivity index (χ2v) is 2.16. The fourth-order valence-corrected chi connectivity index (χ4v) is 0.596. The largest absolute Gasteiger partial charge is 0.356 e. The minimum Gasteiger partial charge on any atom is -0.356 e. The highest BCUT2D eigenvalue weighted by molar-refractivity contribution is 5.87. The van der Waals surface area contributed by atoms with Crippen molar-refractivity contribution in [3.8, 4) is 0 Å². The van der Waals surface area contributed by atoms with Crippen molar-refractivity contribution in [2.75, 3.05) is 7.05 Å². The van der Waals surface area contributed by atoms with Crippen molar-refractivity contribution in [2.24, 2.45) is 0 Å². The molecule has 2 heteroatoms. The summed E-state index contributed by atoms with van der Waals surface area (Å²) in [5.74, 6) is -0.0175. The molecule has 0 aliphatic heterocycles. The van der Waals surface area contributed by atoms with E-state index in [2.05, 4.69) is 12.2 Å². The summed E-state index contributed by atoms with van der Waals surface area (Å²) in [4.78, 5) is 10.6. The minimum atomic E-state index is -0.0175. The fourth-order valence-electron chi connectivity index (χ4n) is 0.596. The maximum atomic E-state index is 10.6. The lowest BCUT2D eigenvalue weighted by atomic mass is 10.2. The highest BCUT2D eigenvalue weighted by Crippen LogP contribution is 1.93. The van der Waals surface area contributed by atoms with Gasteiger partial charge < -0.3 is 5.32 Å². The van der Waals surface area contributed by atoms with Crippen LogP contribution in [0, 0.1) is 0 Å². The molecule has 0 bridgehead atoms. The highest BCUT2D eigenvalue weighted by atomic mass is 16.1. The molecule has 0 heterocycles. The summed E-state index contributed by atoms with van der Waals surface area (Å²) in [7, 11) is 1.63. The van der Waals surface area contributed by atoms with Crippen molar-refractivity contribution in [1.29, 1.82) is 0 Å². The lowest BCUT2D eigenvalue weighted by Crippen LogP contribution is -2.13. The van der Waals surface area contributed by atoms with Gasteiger partial charge in [-0.2, -0.15) is 0 Å². The normalized spacial score (nSPS) is 10.2. The quantitative estimate of drug-likeness (QED) is 0.466. The summed E-state index contributed by atoms with van der Waals surface area (Å²) in [6.07, 6.45) is 6.83. The van der Waals surface area contributed by atoms with Crippen LogP contribution in [-0.2, 0) is 4.79 Å². The Balaban J connectivity index is 3.27. The smallest absolute Gasteiger partial charge is 0.243 e. The molecule has 0 aliphatic carbocycles. The first-order valence-corrected chi connectivity index (χ1v) is 3.69. The van der Waals surface area contributed by atoms with Gasteiger partial charge in [0, 0.05) is 7.05 Å². The third-order valence-electron chi connectivity index (χ3n) is 1.24. The molecule has 1 N–H and O–H groups in total. The summed E-state index contributed by atoms with van der Waals surface area (Å²) in [6.45, 7) is 2.13. The number of carbonyl (C=O) groups is 1. The number of likely N-dealkylation sites (N-methyl/N-ethyl adjacent to an activating group) is 1. The van der Waals surface area contributed by atoms with Crippen LogP contribution in [-0.4, -0.2) is 13.0 Å². The van der Waals surface area contributed by atoms with E-state index in [9.17, 15) is 4.79 Å². The molecule has 0 atom stereocenters. The van der Waals surface area contributed by atoms with E-state index in [1.165, 1.54) is 6.42 Å². The standard InChI is InChI=1S/C8H15NO/c1-3-4-5-6-7-8(10)9-2/h6-7H,3-5H2,1-2H3,(H,9,10)/b7-6-. The molecule has 0 aliphatic rings. The molecule has 10 heavy (non-hydrogen) atoms.